The molecule has 0 bridgehead atoms. The molecule has 22 heavy (non-hydrogen) atoms. The van der Waals surface area contributed by atoms with Crippen molar-refractivity contribution in [3.8, 4) is 17.2 Å². The first-order valence-corrected chi connectivity index (χ1v) is 7.42. The lowest BCUT2D eigenvalue weighted by molar-refractivity contribution is -0.122. The molecule has 2 rings (SSSR count). The number of ether oxygens (including phenoxy) is 3. The summed E-state index contributed by atoms with van der Waals surface area (Å²) in [5, 5.41) is -0.273. The molecule has 0 N–H and O–H groups in total. The number of carbonyl (C=O) groups excluding carboxylic acids is 2. The Labute approximate surface area is 133 Å². The van der Waals surface area contributed by atoms with E-state index < -0.39 is 0 Å². The molecule has 1 aliphatic heterocycles. The fraction of sp³-hybridized carbons (Fsp3) is 0.333. The predicted octanol–water partition coefficient (Wildman–Crippen LogP) is 2.77. The van der Waals surface area contributed by atoms with Crippen LogP contribution in [0.4, 0.5) is 4.79 Å². The first-order chi connectivity index (χ1) is 10.5. The quantitative estimate of drug-likeness (QED) is 0.776. The lowest BCUT2D eigenvalue weighted by Gasteiger charge is -2.13. The molecule has 0 radical (unpaired) electrons. The predicted molar refractivity (Wildman–Crippen MR) is 84.4 cm³/mol. The third kappa shape index (κ3) is 2.89. The zero-order valence-corrected chi connectivity index (χ0v) is 13.7. The minimum absolute atomic E-state index is 0.273. The van der Waals surface area contributed by atoms with Gasteiger partial charge in [-0.2, -0.15) is 0 Å². The number of rotatable bonds is 5. The van der Waals surface area contributed by atoms with Gasteiger partial charge >= 0.3 is 0 Å². The molecular formula is C15H17NO5S. The number of amides is 2. The summed E-state index contributed by atoms with van der Waals surface area (Å²) >= 11 is 0.906. The molecular weight excluding hydrogens is 306 g/mol. The fourth-order valence-electron chi connectivity index (χ4n) is 2.08. The van der Waals surface area contributed by atoms with E-state index in [-0.39, 0.29) is 11.1 Å². The maximum atomic E-state index is 12.2. The standard InChI is InChI=1S/C15H17NO5S/c1-5-16-14(17)13(22-15(16)18)8-10-11(20-3)6-9(19-2)7-12(10)21-4/h6-8H,5H2,1-4H3/b13-8+. The Balaban J connectivity index is 2.51. The van der Waals surface area contributed by atoms with Crippen LogP contribution < -0.4 is 14.2 Å². The van der Waals surface area contributed by atoms with Crippen molar-refractivity contribution in [2.24, 2.45) is 0 Å². The second-order valence-corrected chi connectivity index (χ2v) is 5.36. The molecule has 7 heteroatoms. The first-order valence-electron chi connectivity index (χ1n) is 6.61. The van der Waals surface area contributed by atoms with Crippen molar-refractivity contribution in [2.75, 3.05) is 27.9 Å². The number of thioether (sulfide) groups is 1. The monoisotopic (exact) mass is 323 g/mol. The van der Waals surface area contributed by atoms with Crippen molar-refractivity contribution in [1.29, 1.82) is 0 Å². The van der Waals surface area contributed by atoms with E-state index in [1.54, 1.807) is 32.2 Å². The number of benzene rings is 1. The molecule has 6 nitrogen and oxygen atoms in total. The average Bonchev–Trinajstić information content (AvgIpc) is 2.80. The Morgan fingerprint density at radius 2 is 1.68 bits per heavy atom. The Morgan fingerprint density at radius 3 is 2.09 bits per heavy atom. The van der Waals surface area contributed by atoms with Crippen LogP contribution in [0, 0.1) is 0 Å². The van der Waals surface area contributed by atoms with Crippen LogP contribution in [0.1, 0.15) is 12.5 Å². The largest absolute Gasteiger partial charge is 0.496 e. The van der Waals surface area contributed by atoms with E-state index in [9.17, 15) is 9.59 Å². The molecule has 0 aromatic heterocycles. The van der Waals surface area contributed by atoms with E-state index in [4.69, 9.17) is 14.2 Å². The van der Waals surface area contributed by atoms with E-state index in [2.05, 4.69) is 0 Å². The van der Waals surface area contributed by atoms with Crippen molar-refractivity contribution in [3.05, 3.63) is 22.6 Å². The van der Waals surface area contributed by atoms with Crippen molar-refractivity contribution in [2.45, 2.75) is 6.92 Å². The molecule has 2 amide bonds. The van der Waals surface area contributed by atoms with Crippen LogP contribution in [0.3, 0.4) is 0 Å². The van der Waals surface area contributed by atoms with Crippen LogP contribution in [-0.4, -0.2) is 43.9 Å². The highest BCUT2D eigenvalue weighted by atomic mass is 32.2. The highest BCUT2D eigenvalue weighted by Crippen LogP contribution is 2.39. The van der Waals surface area contributed by atoms with Gasteiger partial charge in [0.15, 0.2) is 0 Å². The van der Waals surface area contributed by atoms with Gasteiger partial charge in [-0.15, -0.1) is 0 Å². The molecule has 118 valence electrons. The third-order valence-corrected chi connectivity index (χ3v) is 4.13. The molecule has 1 aliphatic rings. The average molecular weight is 323 g/mol. The van der Waals surface area contributed by atoms with Gasteiger partial charge in [0.05, 0.1) is 31.8 Å². The molecule has 1 heterocycles. The number of nitrogens with zero attached hydrogens (tertiary/aromatic N) is 1. The van der Waals surface area contributed by atoms with E-state index in [0.717, 1.165) is 11.8 Å². The molecule has 0 atom stereocenters. The van der Waals surface area contributed by atoms with Gasteiger partial charge in [0.2, 0.25) is 0 Å². The van der Waals surface area contributed by atoms with Gasteiger partial charge in [-0.1, -0.05) is 0 Å². The molecule has 0 spiro atoms. The molecule has 1 saturated heterocycles. The van der Waals surface area contributed by atoms with Gasteiger partial charge in [0.25, 0.3) is 11.1 Å². The number of imide groups is 1. The van der Waals surface area contributed by atoms with Crippen molar-refractivity contribution in [3.63, 3.8) is 0 Å². The van der Waals surface area contributed by atoms with Crippen molar-refractivity contribution < 1.29 is 23.8 Å². The summed E-state index contributed by atoms with van der Waals surface area (Å²) in [5.41, 5.74) is 0.590. The third-order valence-electron chi connectivity index (χ3n) is 3.22. The highest BCUT2D eigenvalue weighted by molar-refractivity contribution is 8.18. The molecule has 0 saturated carbocycles. The fourth-order valence-corrected chi connectivity index (χ4v) is 2.96. The van der Waals surface area contributed by atoms with Crippen LogP contribution in [0.15, 0.2) is 17.0 Å². The first kappa shape index (κ1) is 16.2. The summed E-state index contributed by atoms with van der Waals surface area (Å²) in [5.74, 6) is 1.27. The molecule has 1 aromatic rings. The van der Waals surface area contributed by atoms with Gasteiger partial charge < -0.3 is 14.2 Å². The van der Waals surface area contributed by atoms with Crippen molar-refractivity contribution >= 4 is 29.0 Å². The van der Waals surface area contributed by atoms with Crippen LogP contribution >= 0.6 is 11.8 Å². The maximum Gasteiger partial charge on any atom is 0.293 e. The topological polar surface area (TPSA) is 65.1 Å². The summed E-state index contributed by atoms with van der Waals surface area (Å²) < 4.78 is 15.8. The van der Waals surface area contributed by atoms with Crippen LogP contribution in [0.2, 0.25) is 0 Å². The van der Waals surface area contributed by atoms with Gasteiger partial charge in [0.1, 0.15) is 17.2 Å². The minimum Gasteiger partial charge on any atom is -0.496 e. The zero-order valence-electron chi connectivity index (χ0n) is 12.8. The summed E-state index contributed by atoms with van der Waals surface area (Å²) in [4.78, 5) is 25.5. The van der Waals surface area contributed by atoms with Gasteiger partial charge in [0, 0.05) is 18.7 Å². The number of methoxy groups -OCH3 is 3. The highest BCUT2D eigenvalue weighted by Gasteiger charge is 2.34. The Morgan fingerprint density at radius 1 is 1.09 bits per heavy atom. The summed E-state index contributed by atoms with van der Waals surface area (Å²) in [6.07, 6.45) is 1.61. The Hall–Kier alpha value is -2.15. The molecule has 0 aliphatic carbocycles. The normalized spacial score (nSPS) is 16.4. The van der Waals surface area contributed by atoms with Crippen LogP contribution in [0.5, 0.6) is 17.2 Å². The van der Waals surface area contributed by atoms with Crippen molar-refractivity contribution in [1.82, 2.24) is 4.90 Å². The zero-order chi connectivity index (χ0) is 16.3. The number of carbonyl (C=O) groups is 2. The smallest absolute Gasteiger partial charge is 0.293 e. The van der Waals surface area contributed by atoms with Crippen LogP contribution in [-0.2, 0) is 4.79 Å². The van der Waals surface area contributed by atoms with Gasteiger partial charge in [-0.05, 0) is 24.8 Å². The van der Waals surface area contributed by atoms with E-state index in [0.29, 0.717) is 34.3 Å². The molecule has 0 unspecified atom stereocenters. The summed E-state index contributed by atoms with van der Waals surface area (Å²) in [6, 6.07) is 3.39. The van der Waals surface area contributed by atoms with Gasteiger partial charge in [-0.25, -0.2) is 0 Å². The minimum atomic E-state index is -0.308. The summed E-state index contributed by atoms with van der Waals surface area (Å²) in [6.45, 7) is 2.10. The Bertz CT molecular complexity index is 616. The lowest BCUT2D eigenvalue weighted by Crippen LogP contribution is -2.27. The van der Waals surface area contributed by atoms with Gasteiger partial charge in [-0.3, -0.25) is 14.5 Å². The SMILES string of the molecule is CCN1C(=O)S/C(=C/c2c(OC)cc(OC)cc2OC)C1=O. The molecule has 1 fully saturated rings. The van der Waals surface area contributed by atoms with E-state index >= 15 is 0 Å². The summed E-state index contributed by atoms with van der Waals surface area (Å²) in [7, 11) is 4.58. The number of likely N-dealkylation sites (N-methyl/N-ethyl adjacent to an activating group) is 1. The second kappa shape index (κ2) is 6.74. The Kier molecular flexibility index (Phi) is 4.97. The van der Waals surface area contributed by atoms with E-state index in [1.807, 2.05) is 0 Å². The second-order valence-electron chi connectivity index (χ2n) is 4.37. The van der Waals surface area contributed by atoms with Crippen LogP contribution in [0.25, 0.3) is 6.08 Å². The lowest BCUT2D eigenvalue weighted by atomic mass is 10.1. The number of hydrogen-bond acceptors (Lipinski definition) is 6. The van der Waals surface area contributed by atoms with E-state index in [1.165, 1.54) is 19.1 Å². The molecule has 1 aromatic carbocycles. The number of hydrogen-bond donors (Lipinski definition) is 0. The maximum absolute atomic E-state index is 12.2.